The van der Waals surface area contributed by atoms with E-state index >= 15 is 0 Å². The highest BCUT2D eigenvalue weighted by Gasteiger charge is 2.21. The summed E-state index contributed by atoms with van der Waals surface area (Å²) in [5, 5.41) is 3.22. The molecule has 3 rings (SSSR count). The summed E-state index contributed by atoms with van der Waals surface area (Å²) >= 11 is 6.05. The summed E-state index contributed by atoms with van der Waals surface area (Å²) in [5.41, 5.74) is 2.70. The molecule has 0 aliphatic carbocycles. The number of anilines is 1. The van der Waals surface area contributed by atoms with Crippen LogP contribution in [-0.4, -0.2) is 27.9 Å². The highest BCUT2D eigenvalue weighted by Crippen LogP contribution is 2.20. The van der Waals surface area contributed by atoms with E-state index in [4.69, 9.17) is 16.3 Å². The number of hydrogen-bond acceptors (Lipinski definition) is 5. The first-order valence-electron chi connectivity index (χ1n) is 7.93. The third-order valence-electron chi connectivity index (χ3n) is 3.81. The van der Waals surface area contributed by atoms with Gasteiger partial charge in [-0.15, -0.1) is 0 Å². The van der Waals surface area contributed by atoms with Crippen LogP contribution in [0.1, 0.15) is 22.8 Å². The molecular formula is C19H16ClN3O3. The van der Waals surface area contributed by atoms with Gasteiger partial charge in [0, 0.05) is 23.1 Å². The van der Waals surface area contributed by atoms with E-state index in [2.05, 4.69) is 15.3 Å². The number of nitrogens with zero attached hydrogens (tertiary/aromatic N) is 2. The van der Waals surface area contributed by atoms with Gasteiger partial charge in [0.1, 0.15) is 5.52 Å². The third kappa shape index (κ3) is 3.81. The monoisotopic (exact) mass is 369 g/mol. The molecule has 26 heavy (non-hydrogen) atoms. The number of halogens is 1. The van der Waals surface area contributed by atoms with E-state index in [1.165, 1.54) is 13.1 Å². The summed E-state index contributed by atoms with van der Waals surface area (Å²) in [6.07, 6.45) is 2.05. The van der Waals surface area contributed by atoms with Gasteiger partial charge in [0.2, 0.25) is 0 Å². The maximum Gasteiger partial charge on any atom is 0.341 e. The lowest BCUT2D eigenvalue weighted by Gasteiger charge is -2.14. The first-order valence-corrected chi connectivity index (χ1v) is 8.31. The van der Waals surface area contributed by atoms with Crippen LogP contribution in [-0.2, 0) is 9.53 Å². The summed E-state index contributed by atoms with van der Waals surface area (Å²) in [6, 6.07) is 10.2. The Morgan fingerprint density at radius 1 is 1.15 bits per heavy atom. The average molecular weight is 370 g/mol. The van der Waals surface area contributed by atoms with Crippen LogP contribution in [0.5, 0.6) is 0 Å². The molecule has 7 heteroatoms. The number of amides is 1. The van der Waals surface area contributed by atoms with E-state index in [1.807, 2.05) is 6.92 Å². The van der Waals surface area contributed by atoms with Crippen molar-refractivity contribution in [1.29, 1.82) is 0 Å². The highest BCUT2D eigenvalue weighted by molar-refractivity contribution is 6.31. The Labute approximate surface area is 155 Å². The van der Waals surface area contributed by atoms with Crippen molar-refractivity contribution in [1.82, 2.24) is 9.97 Å². The number of rotatable bonds is 4. The zero-order chi connectivity index (χ0) is 18.7. The minimum atomic E-state index is -0.991. The molecule has 0 aliphatic heterocycles. The number of aromatic nitrogens is 2. The predicted molar refractivity (Wildman–Crippen MR) is 99.2 cm³/mol. The SMILES string of the molecule is Cc1ccc(NC(=O)C(C)OC(=O)c2cccc3nccnc23)cc1Cl. The highest BCUT2D eigenvalue weighted by atomic mass is 35.5. The molecule has 1 aromatic heterocycles. The van der Waals surface area contributed by atoms with Gasteiger partial charge in [-0.05, 0) is 43.7 Å². The van der Waals surface area contributed by atoms with Crippen molar-refractivity contribution in [2.45, 2.75) is 20.0 Å². The zero-order valence-corrected chi connectivity index (χ0v) is 14.9. The molecule has 1 atom stereocenters. The molecule has 1 unspecified atom stereocenters. The molecular weight excluding hydrogens is 354 g/mol. The summed E-state index contributed by atoms with van der Waals surface area (Å²) in [5.74, 6) is -1.09. The van der Waals surface area contributed by atoms with Gasteiger partial charge >= 0.3 is 5.97 Å². The fraction of sp³-hybridized carbons (Fsp3) is 0.158. The first kappa shape index (κ1) is 17.8. The van der Waals surface area contributed by atoms with Gasteiger partial charge in [-0.3, -0.25) is 14.8 Å². The number of carbonyl (C=O) groups is 2. The smallest absolute Gasteiger partial charge is 0.341 e. The van der Waals surface area contributed by atoms with Gasteiger partial charge in [-0.25, -0.2) is 4.79 Å². The Morgan fingerprint density at radius 2 is 1.92 bits per heavy atom. The van der Waals surface area contributed by atoms with Gasteiger partial charge in [-0.2, -0.15) is 0 Å². The summed E-state index contributed by atoms with van der Waals surface area (Å²) in [4.78, 5) is 33.0. The second-order valence-corrected chi connectivity index (χ2v) is 6.14. The average Bonchev–Trinajstić information content (AvgIpc) is 2.64. The molecule has 0 saturated carbocycles. The number of nitrogens with one attached hydrogen (secondary N) is 1. The number of carbonyl (C=O) groups excluding carboxylic acids is 2. The van der Waals surface area contributed by atoms with E-state index in [0.717, 1.165) is 5.56 Å². The quantitative estimate of drug-likeness (QED) is 0.708. The van der Waals surface area contributed by atoms with Crippen molar-refractivity contribution in [3.05, 3.63) is 64.9 Å². The van der Waals surface area contributed by atoms with Crippen LogP contribution in [0.4, 0.5) is 5.69 Å². The van der Waals surface area contributed by atoms with Gasteiger partial charge in [0.25, 0.3) is 5.91 Å². The molecule has 1 N–H and O–H groups in total. The van der Waals surface area contributed by atoms with Gasteiger partial charge in [0.05, 0.1) is 11.1 Å². The second-order valence-electron chi connectivity index (χ2n) is 5.73. The van der Waals surface area contributed by atoms with E-state index in [0.29, 0.717) is 21.7 Å². The zero-order valence-electron chi connectivity index (χ0n) is 14.2. The number of esters is 1. The van der Waals surface area contributed by atoms with Crippen molar-refractivity contribution in [3.63, 3.8) is 0 Å². The lowest BCUT2D eigenvalue weighted by atomic mass is 10.1. The van der Waals surface area contributed by atoms with Crippen molar-refractivity contribution in [2.75, 3.05) is 5.32 Å². The minimum Gasteiger partial charge on any atom is -0.449 e. The van der Waals surface area contributed by atoms with Crippen LogP contribution in [0, 0.1) is 6.92 Å². The molecule has 0 spiro atoms. The number of hydrogen-bond donors (Lipinski definition) is 1. The van der Waals surface area contributed by atoms with Crippen LogP contribution < -0.4 is 5.32 Å². The summed E-state index contributed by atoms with van der Waals surface area (Å²) < 4.78 is 5.28. The lowest BCUT2D eigenvalue weighted by molar-refractivity contribution is -0.123. The minimum absolute atomic E-state index is 0.258. The third-order valence-corrected chi connectivity index (χ3v) is 4.22. The number of aryl methyl sites for hydroxylation is 1. The van der Waals surface area contributed by atoms with Crippen molar-refractivity contribution >= 4 is 40.2 Å². The Morgan fingerprint density at radius 3 is 2.69 bits per heavy atom. The summed E-state index contributed by atoms with van der Waals surface area (Å²) in [6.45, 7) is 3.37. The molecule has 0 radical (unpaired) electrons. The van der Waals surface area contributed by atoms with Crippen molar-refractivity contribution in [3.8, 4) is 0 Å². The van der Waals surface area contributed by atoms with Gasteiger partial charge < -0.3 is 10.1 Å². The van der Waals surface area contributed by atoms with Crippen LogP contribution in [0.3, 0.4) is 0 Å². The van der Waals surface area contributed by atoms with Gasteiger partial charge in [0.15, 0.2) is 6.10 Å². The largest absolute Gasteiger partial charge is 0.449 e. The topological polar surface area (TPSA) is 81.2 Å². The number of para-hydroxylation sites is 1. The van der Waals surface area contributed by atoms with Crippen LogP contribution in [0.2, 0.25) is 5.02 Å². The molecule has 0 saturated heterocycles. The normalized spacial score (nSPS) is 11.8. The summed E-state index contributed by atoms with van der Waals surface area (Å²) in [7, 11) is 0. The molecule has 6 nitrogen and oxygen atoms in total. The van der Waals surface area contributed by atoms with Crippen LogP contribution >= 0.6 is 11.6 Å². The Bertz CT molecular complexity index is 985. The maximum absolute atomic E-state index is 12.4. The molecule has 132 valence electrons. The maximum atomic E-state index is 12.4. The van der Waals surface area contributed by atoms with Gasteiger partial charge in [-0.1, -0.05) is 23.7 Å². The fourth-order valence-corrected chi connectivity index (χ4v) is 2.53. The standard InChI is InChI=1S/C19H16ClN3O3/c1-11-6-7-13(10-15(11)20)23-18(24)12(2)26-19(25)14-4-3-5-16-17(14)22-9-8-21-16/h3-10,12H,1-2H3,(H,23,24). The molecule has 3 aromatic rings. The van der Waals surface area contributed by atoms with Crippen LogP contribution in [0.15, 0.2) is 48.8 Å². The Kier molecular flexibility index (Phi) is 5.14. The van der Waals surface area contributed by atoms with Crippen molar-refractivity contribution in [2.24, 2.45) is 0 Å². The van der Waals surface area contributed by atoms with E-state index in [-0.39, 0.29) is 5.56 Å². The van der Waals surface area contributed by atoms with E-state index in [9.17, 15) is 9.59 Å². The molecule has 1 heterocycles. The molecule has 0 aliphatic rings. The fourth-order valence-electron chi connectivity index (χ4n) is 2.35. The Hall–Kier alpha value is -2.99. The molecule has 1 amide bonds. The van der Waals surface area contributed by atoms with E-state index in [1.54, 1.807) is 42.6 Å². The number of fused-ring (bicyclic) bond motifs is 1. The molecule has 0 bridgehead atoms. The molecule has 0 fully saturated rings. The predicted octanol–water partition coefficient (Wildman–Crippen LogP) is 3.78. The lowest BCUT2D eigenvalue weighted by Crippen LogP contribution is -2.30. The van der Waals surface area contributed by atoms with Crippen molar-refractivity contribution < 1.29 is 14.3 Å². The number of benzene rings is 2. The van der Waals surface area contributed by atoms with E-state index < -0.39 is 18.0 Å². The number of ether oxygens (including phenoxy) is 1. The molecule has 2 aromatic carbocycles. The Balaban J connectivity index is 1.72. The second kappa shape index (κ2) is 7.49. The first-order chi connectivity index (χ1) is 12.5. The van der Waals surface area contributed by atoms with Crippen LogP contribution in [0.25, 0.3) is 11.0 Å².